The molecule has 1 fully saturated rings. The summed E-state index contributed by atoms with van der Waals surface area (Å²) in [6.45, 7) is 14.2. The van der Waals surface area contributed by atoms with Gasteiger partial charge in [0.2, 0.25) is 0 Å². The highest BCUT2D eigenvalue weighted by Gasteiger charge is 2.39. The van der Waals surface area contributed by atoms with Crippen LogP contribution in [0.2, 0.25) is 0 Å². The fourth-order valence-corrected chi connectivity index (χ4v) is 2.69. The van der Waals surface area contributed by atoms with Crippen LogP contribution in [0, 0.1) is 0 Å². The predicted molar refractivity (Wildman–Crippen MR) is 68.8 cm³/mol. The van der Waals surface area contributed by atoms with Crippen molar-refractivity contribution in [3.05, 3.63) is 0 Å². The van der Waals surface area contributed by atoms with E-state index in [1.54, 1.807) is 0 Å². The van der Waals surface area contributed by atoms with Crippen LogP contribution in [0.15, 0.2) is 0 Å². The Kier molecular flexibility index (Phi) is 4.38. The maximum atomic E-state index is 6.09. The van der Waals surface area contributed by atoms with Crippen LogP contribution in [0.5, 0.6) is 0 Å². The van der Waals surface area contributed by atoms with Gasteiger partial charge < -0.3 is 10.1 Å². The molecular formula is C13H28N2O. The monoisotopic (exact) mass is 228 g/mol. The molecule has 1 atom stereocenters. The molecule has 0 aromatic carbocycles. The van der Waals surface area contributed by atoms with Crippen molar-refractivity contribution in [2.45, 2.75) is 58.3 Å². The summed E-state index contributed by atoms with van der Waals surface area (Å²) >= 11 is 0. The highest BCUT2D eigenvalue weighted by atomic mass is 16.5. The summed E-state index contributed by atoms with van der Waals surface area (Å²) in [6.07, 6.45) is 1.20. The van der Waals surface area contributed by atoms with Gasteiger partial charge in [0.25, 0.3) is 0 Å². The van der Waals surface area contributed by atoms with Gasteiger partial charge in [0.1, 0.15) is 0 Å². The number of rotatable bonds is 4. The van der Waals surface area contributed by atoms with Gasteiger partial charge in [0.15, 0.2) is 0 Å². The first-order chi connectivity index (χ1) is 7.26. The lowest BCUT2D eigenvalue weighted by molar-refractivity contribution is -0.186. The Morgan fingerprint density at radius 3 is 2.12 bits per heavy atom. The molecule has 1 N–H and O–H groups in total. The average Bonchev–Trinajstić information content (AvgIpc) is 2.09. The largest absolute Gasteiger partial charge is 0.367 e. The number of hydrogen-bond donors (Lipinski definition) is 1. The average molecular weight is 228 g/mol. The molecule has 0 spiro atoms. The number of ether oxygens (including phenoxy) is 1. The zero-order chi connectivity index (χ0) is 12.4. The van der Waals surface area contributed by atoms with Crippen molar-refractivity contribution in [1.29, 1.82) is 0 Å². The molecule has 0 radical (unpaired) electrons. The van der Waals surface area contributed by atoms with E-state index in [1.807, 2.05) is 7.05 Å². The lowest BCUT2D eigenvalue weighted by Crippen LogP contribution is -2.59. The van der Waals surface area contributed by atoms with Gasteiger partial charge in [-0.3, -0.25) is 4.90 Å². The molecule has 0 aliphatic carbocycles. The number of hydrogen-bond acceptors (Lipinski definition) is 3. The van der Waals surface area contributed by atoms with E-state index in [4.69, 9.17) is 4.74 Å². The number of nitrogens with zero attached hydrogens (tertiary/aromatic N) is 1. The van der Waals surface area contributed by atoms with Crippen LogP contribution < -0.4 is 5.32 Å². The smallest absolute Gasteiger partial charge is 0.0760 e. The first kappa shape index (κ1) is 13.9. The molecule has 3 heteroatoms. The van der Waals surface area contributed by atoms with E-state index in [0.29, 0.717) is 6.04 Å². The summed E-state index contributed by atoms with van der Waals surface area (Å²) in [7, 11) is 2.01. The first-order valence-corrected chi connectivity index (χ1v) is 6.35. The topological polar surface area (TPSA) is 24.5 Å². The Hall–Kier alpha value is -0.120. The van der Waals surface area contributed by atoms with Crippen molar-refractivity contribution < 1.29 is 4.74 Å². The minimum absolute atomic E-state index is 0.0321. The molecule has 3 nitrogen and oxygen atoms in total. The van der Waals surface area contributed by atoms with Gasteiger partial charge in [-0.15, -0.1) is 0 Å². The minimum atomic E-state index is -0.0321. The van der Waals surface area contributed by atoms with Crippen molar-refractivity contribution in [2.24, 2.45) is 0 Å². The van der Waals surface area contributed by atoms with E-state index < -0.39 is 0 Å². The molecule has 96 valence electrons. The van der Waals surface area contributed by atoms with Gasteiger partial charge in [-0.05, 0) is 54.6 Å². The van der Waals surface area contributed by atoms with E-state index in [-0.39, 0.29) is 11.2 Å². The van der Waals surface area contributed by atoms with Crippen LogP contribution in [0.3, 0.4) is 0 Å². The van der Waals surface area contributed by atoms with Crippen LogP contribution >= 0.6 is 0 Å². The van der Waals surface area contributed by atoms with Crippen LogP contribution in [0.4, 0.5) is 0 Å². The SMILES string of the molecule is CNCCC(C)N1CC(C)(C)OC(C)(C)C1. The summed E-state index contributed by atoms with van der Waals surface area (Å²) < 4.78 is 6.09. The molecule has 16 heavy (non-hydrogen) atoms. The summed E-state index contributed by atoms with van der Waals surface area (Å²) in [5.74, 6) is 0. The molecule has 0 aromatic rings. The zero-order valence-corrected chi connectivity index (χ0v) is 11.8. The molecular weight excluding hydrogens is 200 g/mol. The highest BCUT2D eigenvalue weighted by Crippen LogP contribution is 2.29. The minimum Gasteiger partial charge on any atom is -0.367 e. The normalized spacial score (nSPS) is 26.6. The summed E-state index contributed by atoms with van der Waals surface area (Å²) in [6, 6.07) is 0.620. The quantitative estimate of drug-likeness (QED) is 0.795. The van der Waals surface area contributed by atoms with E-state index >= 15 is 0 Å². The number of morpholine rings is 1. The van der Waals surface area contributed by atoms with E-state index in [0.717, 1.165) is 19.6 Å². The number of nitrogens with one attached hydrogen (secondary N) is 1. The van der Waals surface area contributed by atoms with Crippen LogP contribution in [0.1, 0.15) is 41.0 Å². The first-order valence-electron chi connectivity index (χ1n) is 6.35. The third kappa shape index (κ3) is 4.04. The highest BCUT2D eigenvalue weighted by molar-refractivity contribution is 4.91. The molecule has 0 amide bonds. The van der Waals surface area contributed by atoms with Gasteiger partial charge in [0, 0.05) is 19.1 Å². The predicted octanol–water partition coefficient (Wildman–Crippen LogP) is 1.87. The third-order valence-corrected chi connectivity index (χ3v) is 3.16. The van der Waals surface area contributed by atoms with Gasteiger partial charge in [-0.2, -0.15) is 0 Å². The summed E-state index contributed by atoms with van der Waals surface area (Å²) in [4.78, 5) is 2.56. The van der Waals surface area contributed by atoms with E-state index in [2.05, 4.69) is 44.8 Å². The molecule has 1 unspecified atom stereocenters. The van der Waals surface area contributed by atoms with Crippen LogP contribution in [-0.4, -0.2) is 48.8 Å². The Labute approximate surface area is 101 Å². The van der Waals surface area contributed by atoms with Crippen molar-refractivity contribution in [2.75, 3.05) is 26.7 Å². The van der Waals surface area contributed by atoms with Gasteiger partial charge in [-0.1, -0.05) is 0 Å². The lowest BCUT2D eigenvalue weighted by atomic mass is 9.97. The van der Waals surface area contributed by atoms with E-state index in [9.17, 15) is 0 Å². The molecule has 0 saturated carbocycles. The standard InChI is InChI=1S/C13H28N2O/c1-11(7-8-14-6)15-9-12(2,3)16-13(4,5)10-15/h11,14H,7-10H2,1-6H3. The Bertz CT molecular complexity index is 210. The van der Waals surface area contributed by atoms with Gasteiger partial charge in [0.05, 0.1) is 11.2 Å². The van der Waals surface area contributed by atoms with Gasteiger partial charge >= 0.3 is 0 Å². The molecule has 1 saturated heterocycles. The molecule has 1 aliphatic rings. The molecule has 1 heterocycles. The zero-order valence-electron chi connectivity index (χ0n) is 11.8. The molecule has 0 aromatic heterocycles. The second kappa shape index (κ2) is 5.03. The Balaban J connectivity index is 2.59. The van der Waals surface area contributed by atoms with Crippen LogP contribution in [-0.2, 0) is 4.74 Å². The maximum Gasteiger partial charge on any atom is 0.0760 e. The second-order valence-corrected chi connectivity index (χ2v) is 6.27. The van der Waals surface area contributed by atoms with Crippen molar-refractivity contribution in [3.63, 3.8) is 0 Å². The van der Waals surface area contributed by atoms with Crippen molar-refractivity contribution in [1.82, 2.24) is 10.2 Å². The molecule has 1 rings (SSSR count). The Morgan fingerprint density at radius 1 is 1.19 bits per heavy atom. The molecule has 0 bridgehead atoms. The van der Waals surface area contributed by atoms with E-state index in [1.165, 1.54) is 6.42 Å². The van der Waals surface area contributed by atoms with Crippen LogP contribution in [0.25, 0.3) is 0 Å². The fourth-order valence-electron chi connectivity index (χ4n) is 2.69. The second-order valence-electron chi connectivity index (χ2n) is 6.27. The van der Waals surface area contributed by atoms with Crippen molar-refractivity contribution in [3.8, 4) is 0 Å². The lowest BCUT2D eigenvalue weighted by Gasteiger charge is -2.49. The fraction of sp³-hybridized carbons (Fsp3) is 1.00. The van der Waals surface area contributed by atoms with Gasteiger partial charge in [-0.25, -0.2) is 0 Å². The maximum absolute atomic E-state index is 6.09. The summed E-state index contributed by atoms with van der Waals surface area (Å²) in [5.41, 5.74) is -0.0642. The third-order valence-electron chi connectivity index (χ3n) is 3.16. The summed E-state index contributed by atoms with van der Waals surface area (Å²) in [5, 5.41) is 3.22. The van der Waals surface area contributed by atoms with Crippen molar-refractivity contribution >= 4 is 0 Å². The molecule has 1 aliphatic heterocycles. The Morgan fingerprint density at radius 2 is 1.69 bits per heavy atom.